The molecule has 0 spiro atoms. The van der Waals surface area contributed by atoms with Crippen LogP contribution in [-0.4, -0.2) is 42.9 Å². The van der Waals surface area contributed by atoms with E-state index in [4.69, 9.17) is 5.11 Å². The monoisotopic (exact) mass is 311 g/mol. The van der Waals surface area contributed by atoms with Crippen LogP contribution in [0.2, 0.25) is 0 Å². The van der Waals surface area contributed by atoms with Crippen molar-refractivity contribution < 1.29 is 32.6 Å². The number of carboxylic acids is 1. The third-order valence-electron chi connectivity index (χ3n) is 3.70. The number of carbonyl (C=O) groups is 2. The van der Waals surface area contributed by atoms with Crippen LogP contribution < -0.4 is 5.32 Å². The van der Waals surface area contributed by atoms with Crippen LogP contribution >= 0.6 is 0 Å². The number of rotatable bonds is 7. The quantitative estimate of drug-likeness (QED) is 0.703. The molecular formula is C13H20F3NO4. The molecule has 0 aromatic heterocycles. The van der Waals surface area contributed by atoms with E-state index in [9.17, 15) is 22.8 Å². The van der Waals surface area contributed by atoms with Crippen LogP contribution in [0.3, 0.4) is 0 Å². The molecule has 21 heavy (non-hydrogen) atoms. The summed E-state index contributed by atoms with van der Waals surface area (Å²) in [5.41, 5.74) is 0. The average molecular weight is 311 g/mol. The molecule has 3 unspecified atom stereocenters. The van der Waals surface area contributed by atoms with Crippen molar-refractivity contribution in [1.29, 1.82) is 0 Å². The summed E-state index contributed by atoms with van der Waals surface area (Å²) < 4.78 is 39.9. The summed E-state index contributed by atoms with van der Waals surface area (Å²) in [5.74, 6) is -2.56. The van der Waals surface area contributed by atoms with Gasteiger partial charge in [0.05, 0.1) is 18.4 Å². The predicted octanol–water partition coefficient (Wildman–Crippen LogP) is 1.82. The van der Waals surface area contributed by atoms with Crippen molar-refractivity contribution in [2.75, 3.05) is 19.8 Å². The minimum Gasteiger partial charge on any atom is -0.481 e. The van der Waals surface area contributed by atoms with Crippen LogP contribution in [0, 0.1) is 17.8 Å². The van der Waals surface area contributed by atoms with Gasteiger partial charge >= 0.3 is 12.1 Å². The molecule has 1 aliphatic rings. The third kappa shape index (κ3) is 5.91. The summed E-state index contributed by atoms with van der Waals surface area (Å²) in [7, 11) is 0. The molecular weight excluding hydrogens is 291 g/mol. The summed E-state index contributed by atoms with van der Waals surface area (Å²) >= 11 is 0. The Balaban J connectivity index is 2.35. The Morgan fingerprint density at radius 1 is 1.29 bits per heavy atom. The smallest absolute Gasteiger partial charge is 0.411 e. The van der Waals surface area contributed by atoms with Crippen LogP contribution in [0.4, 0.5) is 13.2 Å². The number of carboxylic acid groups (broad SMARTS) is 1. The molecule has 0 heterocycles. The van der Waals surface area contributed by atoms with Gasteiger partial charge in [0, 0.05) is 6.54 Å². The van der Waals surface area contributed by atoms with E-state index in [0.717, 1.165) is 6.42 Å². The summed E-state index contributed by atoms with van der Waals surface area (Å²) in [5, 5.41) is 11.6. The fourth-order valence-corrected chi connectivity index (χ4v) is 2.60. The molecule has 122 valence electrons. The van der Waals surface area contributed by atoms with Gasteiger partial charge in [-0.2, -0.15) is 13.2 Å². The average Bonchev–Trinajstić information content (AvgIpc) is 2.81. The molecule has 0 aromatic rings. The molecule has 5 nitrogen and oxygen atoms in total. The topological polar surface area (TPSA) is 75.6 Å². The maximum atomic E-state index is 11.9. The first kappa shape index (κ1) is 17.7. The lowest BCUT2D eigenvalue weighted by atomic mass is 9.95. The van der Waals surface area contributed by atoms with Gasteiger partial charge in [0.15, 0.2) is 0 Å². The second kappa shape index (κ2) is 7.63. The highest BCUT2D eigenvalue weighted by molar-refractivity contribution is 5.85. The molecule has 3 atom stereocenters. The van der Waals surface area contributed by atoms with Crippen LogP contribution in [0.25, 0.3) is 0 Å². The van der Waals surface area contributed by atoms with Crippen molar-refractivity contribution in [2.24, 2.45) is 17.8 Å². The number of halogens is 3. The zero-order chi connectivity index (χ0) is 16.0. The maximum absolute atomic E-state index is 11.9. The Bertz CT molecular complexity index is 373. The van der Waals surface area contributed by atoms with Gasteiger partial charge in [0.25, 0.3) is 0 Å². The Hall–Kier alpha value is -1.31. The minimum atomic E-state index is -4.39. The number of amides is 1. The Kier molecular flexibility index (Phi) is 6.44. The van der Waals surface area contributed by atoms with E-state index in [-0.39, 0.29) is 19.1 Å². The van der Waals surface area contributed by atoms with Crippen molar-refractivity contribution in [1.82, 2.24) is 5.32 Å². The van der Waals surface area contributed by atoms with Crippen LogP contribution in [0.15, 0.2) is 0 Å². The lowest BCUT2D eigenvalue weighted by Gasteiger charge is -2.15. The van der Waals surface area contributed by atoms with Gasteiger partial charge < -0.3 is 15.2 Å². The fourth-order valence-electron chi connectivity index (χ4n) is 2.60. The van der Waals surface area contributed by atoms with Gasteiger partial charge in [-0.05, 0) is 18.8 Å². The van der Waals surface area contributed by atoms with Crippen molar-refractivity contribution >= 4 is 11.9 Å². The number of hydrogen-bond acceptors (Lipinski definition) is 3. The molecule has 1 amide bonds. The number of carbonyl (C=O) groups excluding carboxylic acids is 1. The van der Waals surface area contributed by atoms with Gasteiger partial charge in [-0.25, -0.2) is 0 Å². The van der Waals surface area contributed by atoms with Crippen molar-refractivity contribution in [3.05, 3.63) is 0 Å². The molecule has 1 fully saturated rings. The number of nitrogens with one attached hydrogen (secondary N) is 1. The lowest BCUT2D eigenvalue weighted by Crippen LogP contribution is -2.37. The summed E-state index contributed by atoms with van der Waals surface area (Å²) in [6.45, 7) is 0.262. The summed E-state index contributed by atoms with van der Waals surface area (Å²) in [6.07, 6.45) is -2.61. The van der Waals surface area contributed by atoms with E-state index in [1.54, 1.807) is 0 Å². The molecule has 1 rings (SSSR count). The van der Waals surface area contributed by atoms with Gasteiger partial charge in [0.2, 0.25) is 5.91 Å². The maximum Gasteiger partial charge on any atom is 0.411 e. The Morgan fingerprint density at radius 2 is 1.90 bits per heavy atom. The molecule has 0 aliphatic heterocycles. The van der Waals surface area contributed by atoms with Crippen LogP contribution in [0.1, 0.15) is 26.2 Å². The normalized spacial score (nSPS) is 25.8. The van der Waals surface area contributed by atoms with Crippen molar-refractivity contribution in [2.45, 2.75) is 32.4 Å². The first-order chi connectivity index (χ1) is 9.74. The molecule has 2 N–H and O–H groups in total. The van der Waals surface area contributed by atoms with Gasteiger partial charge in [-0.1, -0.05) is 13.3 Å². The molecule has 8 heteroatoms. The number of hydrogen-bond donors (Lipinski definition) is 2. The van der Waals surface area contributed by atoms with E-state index in [1.165, 1.54) is 0 Å². The molecule has 0 aromatic carbocycles. The number of alkyl halides is 3. The van der Waals surface area contributed by atoms with E-state index in [0.29, 0.717) is 12.8 Å². The SMILES string of the molecule is CCC1CC(C(=O)O)C(C(=O)NCCOCC(F)(F)F)C1. The van der Waals surface area contributed by atoms with Crippen molar-refractivity contribution in [3.8, 4) is 0 Å². The minimum absolute atomic E-state index is 0.0610. The number of aliphatic carboxylic acids is 1. The lowest BCUT2D eigenvalue weighted by molar-refractivity contribution is -0.173. The molecule has 1 aliphatic carbocycles. The largest absolute Gasteiger partial charge is 0.481 e. The number of ether oxygens (including phenoxy) is 1. The first-order valence-corrected chi connectivity index (χ1v) is 6.89. The zero-order valence-corrected chi connectivity index (χ0v) is 11.8. The Morgan fingerprint density at radius 3 is 2.43 bits per heavy atom. The van der Waals surface area contributed by atoms with Crippen molar-refractivity contribution in [3.63, 3.8) is 0 Å². The highest BCUT2D eigenvalue weighted by Gasteiger charge is 2.41. The van der Waals surface area contributed by atoms with Gasteiger partial charge in [-0.15, -0.1) is 0 Å². The second-order valence-corrected chi connectivity index (χ2v) is 5.26. The van der Waals surface area contributed by atoms with Crippen LogP contribution in [-0.2, 0) is 14.3 Å². The molecule has 0 radical (unpaired) electrons. The third-order valence-corrected chi connectivity index (χ3v) is 3.70. The van der Waals surface area contributed by atoms with E-state index in [2.05, 4.69) is 10.1 Å². The predicted molar refractivity (Wildman–Crippen MR) is 67.5 cm³/mol. The zero-order valence-electron chi connectivity index (χ0n) is 11.8. The van der Waals surface area contributed by atoms with Crippen LogP contribution in [0.5, 0.6) is 0 Å². The molecule has 1 saturated carbocycles. The standard InChI is InChI=1S/C13H20F3NO4/c1-2-8-5-9(10(6-8)12(19)20)11(18)17-3-4-21-7-13(14,15)16/h8-10H,2-7H2,1H3,(H,17,18)(H,19,20). The summed E-state index contributed by atoms with van der Waals surface area (Å²) in [4.78, 5) is 23.1. The Labute approximate surface area is 120 Å². The molecule has 0 saturated heterocycles. The highest BCUT2D eigenvalue weighted by atomic mass is 19.4. The second-order valence-electron chi connectivity index (χ2n) is 5.26. The van der Waals surface area contributed by atoms with E-state index >= 15 is 0 Å². The highest BCUT2D eigenvalue weighted by Crippen LogP contribution is 2.38. The fraction of sp³-hybridized carbons (Fsp3) is 0.846. The summed E-state index contributed by atoms with van der Waals surface area (Å²) in [6, 6.07) is 0. The van der Waals surface area contributed by atoms with E-state index in [1.807, 2.05) is 6.92 Å². The van der Waals surface area contributed by atoms with E-state index < -0.39 is 36.5 Å². The first-order valence-electron chi connectivity index (χ1n) is 6.89. The van der Waals surface area contributed by atoms with Gasteiger partial charge in [0.1, 0.15) is 6.61 Å². The molecule has 0 bridgehead atoms. The van der Waals surface area contributed by atoms with Gasteiger partial charge in [-0.3, -0.25) is 9.59 Å².